The molecule has 8 nitrogen and oxygen atoms in total. The molecule has 3 heterocycles. The topological polar surface area (TPSA) is 87.0 Å². The van der Waals surface area contributed by atoms with Gasteiger partial charge in [0.2, 0.25) is 0 Å². The highest BCUT2D eigenvalue weighted by Crippen LogP contribution is 2.35. The minimum atomic E-state index is -3.29. The first kappa shape index (κ1) is 24.7. The lowest BCUT2D eigenvalue weighted by atomic mass is 10.1. The third-order valence-corrected chi connectivity index (χ3v) is 8.42. The molecule has 1 saturated heterocycles. The van der Waals surface area contributed by atoms with E-state index < -0.39 is 9.84 Å². The van der Waals surface area contributed by atoms with Crippen molar-refractivity contribution < 1.29 is 13.2 Å². The molecule has 10 heteroatoms. The first-order chi connectivity index (χ1) is 17.0. The molecule has 0 spiro atoms. The zero-order valence-electron chi connectivity index (χ0n) is 21.0. The molecule has 0 saturated carbocycles. The number of amides is 2. The number of carbonyl (C=O) groups excluding carboxylic acids is 1. The highest BCUT2D eigenvalue weighted by atomic mass is 32.2. The smallest absolute Gasteiger partial charge is 0.317 e. The number of piperazine rings is 1. The van der Waals surface area contributed by atoms with Crippen molar-refractivity contribution in [1.29, 1.82) is 0 Å². The molecule has 2 aromatic heterocycles. The van der Waals surface area contributed by atoms with Crippen molar-refractivity contribution in [1.82, 2.24) is 24.5 Å². The molecule has 4 aromatic rings. The first-order valence-corrected chi connectivity index (χ1v) is 14.7. The second-order valence-corrected chi connectivity index (χ2v) is 13.4. The van der Waals surface area contributed by atoms with Crippen LogP contribution in [0.1, 0.15) is 26.5 Å². The number of hydrogen-bond acceptors (Lipinski definition) is 6. The monoisotopic (exact) mass is 525 g/mol. The Labute approximate surface area is 215 Å². The van der Waals surface area contributed by atoms with Gasteiger partial charge in [-0.2, -0.15) is 0 Å². The highest BCUT2D eigenvalue weighted by Gasteiger charge is 2.26. The molecule has 0 bridgehead atoms. The molecule has 0 unspecified atom stereocenters. The van der Waals surface area contributed by atoms with Gasteiger partial charge in [-0.15, -0.1) is 0 Å². The van der Waals surface area contributed by atoms with Crippen molar-refractivity contribution in [2.45, 2.75) is 37.8 Å². The number of hydrogen-bond donors (Lipinski definition) is 1. The Hall–Kier alpha value is -2.95. The number of nitrogens with one attached hydrogen (secondary N) is 1. The van der Waals surface area contributed by atoms with Crippen LogP contribution in [-0.4, -0.2) is 71.6 Å². The van der Waals surface area contributed by atoms with Crippen LogP contribution in [0.2, 0.25) is 0 Å². The van der Waals surface area contributed by atoms with E-state index in [1.54, 1.807) is 12.1 Å². The molecule has 0 aliphatic carbocycles. The molecule has 0 atom stereocenters. The Balaban J connectivity index is 1.48. The third-order valence-electron chi connectivity index (χ3n) is 6.31. The van der Waals surface area contributed by atoms with Crippen molar-refractivity contribution in [3.8, 4) is 11.3 Å². The van der Waals surface area contributed by atoms with Crippen LogP contribution < -0.4 is 5.32 Å². The molecule has 5 rings (SSSR count). The molecule has 190 valence electrons. The average molecular weight is 526 g/mol. The summed E-state index contributed by atoms with van der Waals surface area (Å²) < 4.78 is 27.2. The van der Waals surface area contributed by atoms with E-state index in [0.717, 1.165) is 45.2 Å². The average Bonchev–Trinajstić information content (AvgIpc) is 3.34. The van der Waals surface area contributed by atoms with Crippen molar-refractivity contribution in [3.05, 3.63) is 54.2 Å². The maximum atomic E-state index is 12.6. The van der Waals surface area contributed by atoms with Gasteiger partial charge in [-0.3, -0.25) is 9.30 Å². The van der Waals surface area contributed by atoms with Crippen LogP contribution in [0.15, 0.2) is 53.4 Å². The summed E-state index contributed by atoms with van der Waals surface area (Å²) in [6, 6.07) is 15.4. The number of thiazole rings is 1. The van der Waals surface area contributed by atoms with Crippen molar-refractivity contribution >= 4 is 42.4 Å². The summed E-state index contributed by atoms with van der Waals surface area (Å²) >= 11 is 1.50. The number of aromatic nitrogens is 2. The fourth-order valence-electron chi connectivity index (χ4n) is 4.53. The fraction of sp³-hybridized carbons (Fsp3) is 0.385. The van der Waals surface area contributed by atoms with Gasteiger partial charge in [0.15, 0.2) is 14.8 Å². The van der Waals surface area contributed by atoms with Crippen LogP contribution in [0.25, 0.3) is 26.4 Å². The summed E-state index contributed by atoms with van der Waals surface area (Å²) in [6.45, 7) is 9.49. The van der Waals surface area contributed by atoms with Gasteiger partial charge in [0.25, 0.3) is 0 Å². The highest BCUT2D eigenvalue weighted by molar-refractivity contribution is 7.90. The largest absolute Gasteiger partial charge is 0.333 e. The number of benzene rings is 2. The fourth-order valence-corrected chi connectivity index (χ4v) is 6.34. The number of urea groups is 1. The van der Waals surface area contributed by atoms with Crippen molar-refractivity contribution in [2.24, 2.45) is 0 Å². The maximum absolute atomic E-state index is 12.6. The predicted octanol–water partition coefficient (Wildman–Crippen LogP) is 4.25. The van der Waals surface area contributed by atoms with Crippen molar-refractivity contribution in [2.75, 3.05) is 32.4 Å². The van der Waals surface area contributed by atoms with Crippen LogP contribution in [0.4, 0.5) is 4.79 Å². The van der Waals surface area contributed by atoms with Crippen LogP contribution in [0.3, 0.4) is 0 Å². The normalized spacial score (nSPS) is 15.6. The zero-order chi connectivity index (χ0) is 25.7. The SMILES string of the molecule is CC(C)(C)NC(=O)N1CCN(Cc2c(-c3ccccc3)nc3sc4cc(S(C)(=O)=O)ccc4n23)CC1. The van der Waals surface area contributed by atoms with Gasteiger partial charge in [-0.1, -0.05) is 41.7 Å². The second kappa shape index (κ2) is 9.17. The van der Waals surface area contributed by atoms with E-state index in [9.17, 15) is 13.2 Å². The lowest BCUT2D eigenvalue weighted by Crippen LogP contribution is -2.54. The van der Waals surface area contributed by atoms with Gasteiger partial charge in [-0.05, 0) is 39.0 Å². The summed E-state index contributed by atoms with van der Waals surface area (Å²) in [6.07, 6.45) is 1.23. The van der Waals surface area contributed by atoms with E-state index >= 15 is 0 Å². The van der Waals surface area contributed by atoms with Crippen molar-refractivity contribution in [3.63, 3.8) is 0 Å². The number of sulfone groups is 1. The van der Waals surface area contributed by atoms with Crippen LogP contribution in [0, 0.1) is 0 Å². The van der Waals surface area contributed by atoms with E-state index in [0.29, 0.717) is 24.5 Å². The molecule has 0 radical (unpaired) electrons. The third kappa shape index (κ3) is 4.98. The predicted molar refractivity (Wildman–Crippen MR) is 144 cm³/mol. The lowest BCUT2D eigenvalue weighted by molar-refractivity contribution is 0.130. The Morgan fingerprint density at radius 1 is 1.06 bits per heavy atom. The first-order valence-electron chi connectivity index (χ1n) is 12.0. The Morgan fingerprint density at radius 2 is 1.75 bits per heavy atom. The van der Waals surface area contributed by atoms with Gasteiger partial charge in [0.1, 0.15) is 0 Å². The van der Waals surface area contributed by atoms with Crippen LogP contribution in [0.5, 0.6) is 0 Å². The Kier molecular flexibility index (Phi) is 6.30. The molecule has 1 aliphatic rings. The molecule has 1 N–H and O–H groups in total. The van der Waals surface area contributed by atoms with E-state index in [-0.39, 0.29) is 11.6 Å². The molecule has 2 aromatic carbocycles. The van der Waals surface area contributed by atoms with E-state index in [4.69, 9.17) is 4.98 Å². The number of carbonyl (C=O) groups is 1. The Bertz CT molecular complexity index is 1530. The van der Waals surface area contributed by atoms with Gasteiger partial charge >= 0.3 is 6.03 Å². The number of rotatable bonds is 4. The maximum Gasteiger partial charge on any atom is 0.317 e. The lowest BCUT2D eigenvalue weighted by Gasteiger charge is -2.36. The minimum absolute atomic E-state index is 0.0237. The summed E-state index contributed by atoms with van der Waals surface area (Å²) in [5, 5.41) is 3.05. The molecule has 2 amide bonds. The van der Waals surface area contributed by atoms with Crippen LogP contribution >= 0.6 is 11.3 Å². The standard InChI is InChI=1S/C26H31N5O3S2/c1-26(2,3)28-24(32)30-14-12-29(13-15-30)17-21-23(18-8-6-5-7-9-18)27-25-31(21)20-11-10-19(36(4,33)34)16-22(20)35-25/h5-11,16H,12-15,17H2,1-4H3,(H,28,32). The van der Waals surface area contributed by atoms with Gasteiger partial charge in [-0.25, -0.2) is 18.2 Å². The zero-order valence-corrected chi connectivity index (χ0v) is 22.6. The van der Waals surface area contributed by atoms with E-state index in [1.807, 2.05) is 49.9 Å². The van der Waals surface area contributed by atoms with Crippen LogP contribution in [-0.2, 0) is 16.4 Å². The number of fused-ring (bicyclic) bond motifs is 3. The quantitative estimate of drug-likeness (QED) is 0.431. The molecular formula is C26H31N5O3S2. The number of nitrogens with zero attached hydrogens (tertiary/aromatic N) is 4. The summed E-state index contributed by atoms with van der Waals surface area (Å²) in [7, 11) is -3.29. The molecule has 1 fully saturated rings. The van der Waals surface area contributed by atoms with Gasteiger partial charge in [0.05, 0.1) is 26.5 Å². The molecule has 36 heavy (non-hydrogen) atoms. The number of imidazole rings is 1. The summed E-state index contributed by atoms with van der Waals surface area (Å²) in [5.74, 6) is 0. The Morgan fingerprint density at radius 3 is 2.39 bits per heavy atom. The van der Waals surface area contributed by atoms with Gasteiger partial charge < -0.3 is 10.2 Å². The molecule has 1 aliphatic heterocycles. The van der Waals surface area contributed by atoms with Gasteiger partial charge in [0, 0.05) is 50.1 Å². The second-order valence-electron chi connectivity index (χ2n) is 10.3. The summed E-state index contributed by atoms with van der Waals surface area (Å²) in [4.78, 5) is 23.0. The minimum Gasteiger partial charge on any atom is -0.333 e. The molecular weight excluding hydrogens is 494 g/mol. The van der Waals surface area contributed by atoms with E-state index in [1.165, 1.54) is 17.6 Å². The van der Waals surface area contributed by atoms with E-state index in [2.05, 4.69) is 26.8 Å². The summed E-state index contributed by atoms with van der Waals surface area (Å²) in [5.41, 5.74) is 3.74.